The Kier molecular flexibility index (Phi) is 7.94. The maximum absolute atomic E-state index is 13.8. The summed E-state index contributed by atoms with van der Waals surface area (Å²) in [7, 11) is 0. The summed E-state index contributed by atoms with van der Waals surface area (Å²) >= 11 is 1.72. The van der Waals surface area contributed by atoms with Gasteiger partial charge in [0.05, 0.1) is 18.8 Å². The van der Waals surface area contributed by atoms with E-state index in [1.165, 1.54) is 10.4 Å². The highest BCUT2D eigenvalue weighted by Crippen LogP contribution is 2.34. The number of furan rings is 1. The molecular formula is C31H32N2O4S. The van der Waals surface area contributed by atoms with Crippen LogP contribution in [0, 0.1) is 0 Å². The van der Waals surface area contributed by atoms with Gasteiger partial charge >= 0.3 is 0 Å². The van der Waals surface area contributed by atoms with Gasteiger partial charge in [-0.2, -0.15) is 0 Å². The number of ether oxygens (including phenoxy) is 1. The summed E-state index contributed by atoms with van der Waals surface area (Å²) in [6.07, 6.45) is 2.37. The van der Waals surface area contributed by atoms with E-state index in [0.29, 0.717) is 30.4 Å². The second kappa shape index (κ2) is 11.7. The first-order valence-electron chi connectivity index (χ1n) is 12.9. The molecule has 1 aliphatic rings. The van der Waals surface area contributed by atoms with Crippen LogP contribution in [0.3, 0.4) is 0 Å². The Balaban J connectivity index is 1.35. The van der Waals surface area contributed by atoms with Crippen molar-refractivity contribution >= 4 is 23.2 Å². The van der Waals surface area contributed by atoms with Crippen molar-refractivity contribution < 1.29 is 18.7 Å². The zero-order valence-electron chi connectivity index (χ0n) is 21.7. The fraction of sp³-hybridized carbons (Fsp3) is 0.290. The minimum absolute atomic E-state index is 0.0481. The molecule has 5 rings (SSSR count). The maximum Gasteiger partial charge on any atom is 0.254 e. The minimum atomic E-state index is -0.223. The number of hydrogen-bond donors (Lipinski definition) is 0. The molecule has 4 aromatic rings. The van der Waals surface area contributed by atoms with E-state index in [2.05, 4.69) is 37.4 Å². The molecule has 0 fully saturated rings. The van der Waals surface area contributed by atoms with Crippen molar-refractivity contribution in [1.29, 1.82) is 0 Å². The number of nitrogens with zero attached hydrogens (tertiary/aromatic N) is 2. The van der Waals surface area contributed by atoms with Gasteiger partial charge in [0.15, 0.2) is 0 Å². The molecule has 0 bridgehead atoms. The number of carbonyl (C=O) groups is 2. The first kappa shape index (κ1) is 25.8. The fourth-order valence-electron chi connectivity index (χ4n) is 4.81. The Labute approximate surface area is 227 Å². The largest absolute Gasteiger partial charge is 0.491 e. The average molecular weight is 529 g/mol. The second-order valence-electron chi connectivity index (χ2n) is 9.79. The van der Waals surface area contributed by atoms with Crippen LogP contribution >= 0.6 is 11.3 Å². The van der Waals surface area contributed by atoms with Crippen LogP contribution < -0.4 is 4.74 Å². The molecule has 2 aromatic carbocycles. The van der Waals surface area contributed by atoms with E-state index < -0.39 is 0 Å². The van der Waals surface area contributed by atoms with Crippen molar-refractivity contribution in [2.75, 3.05) is 19.7 Å². The first-order valence-corrected chi connectivity index (χ1v) is 13.8. The topological polar surface area (TPSA) is 63.0 Å². The van der Waals surface area contributed by atoms with Crippen molar-refractivity contribution in [2.45, 2.75) is 38.8 Å². The van der Waals surface area contributed by atoms with Gasteiger partial charge in [-0.1, -0.05) is 44.2 Å². The normalized spacial score (nSPS) is 14.8. The van der Waals surface area contributed by atoms with Gasteiger partial charge in [-0.3, -0.25) is 9.59 Å². The van der Waals surface area contributed by atoms with Gasteiger partial charge in [-0.15, -0.1) is 11.3 Å². The zero-order chi connectivity index (χ0) is 26.5. The van der Waals surface area contributed by atoms with E-state index in [0.717, 1.165) is 17.7 Å². The van der Waals surface area contributed by atoms with Gasteiger partial charge in [-0.05, 0) is 71.3 Å². The highest BCUT2D eigenvalue weighted by molar-refractivity contribution is 7.10. The Morgan fingerprint density at radius 2 is 1.84 bits per heavy atom. The van der Waals surface area contributed by atoms with E-state index in [1.54, 1.807) is 40.7 Å². The molecule has 6 nitrogen and oxygen atoms in total. The Morgan fingerprint density at radius 1 is 1.05 bits per heavy atom. The lowest BCUT2D eigenvalue weighted by Crippen LogP contribution is -2.47. The molecule has 0 spiro atoms. The maximum atomic E-state index is 13.8. The van der Waals surface area contributed by atoms with E-state index in [4.69, 9.17) is 9.15 Å². The smallest absolute Gasteiger partial charge is 0.254 e. The molecule has 0 radical (unpaired) electrons. The molecule has 3 heterocycles. The number of benzene rings is 2. The molecule has 2 aromatic heterocycles. The molecule has 7 heteroatoms. The molecule has 38 heavy (non-hydrogen) atoms. The number of fused-ring (bicyclic) bond motifs is 1. The van der Waals surface area contributed by atoms with Crippen molar-refractivity contribution in [2.24, 2.45) is 0 Å². The van der Waals surface area contributed by atoms with Crippen LogP contribution in [0.25, 0.3) is 0 Å². The molecule has 0 saturated carbocycles. The van der Waals surface area contributed by atoms with Gasteiger partial charge in [0, 0.05) is 17.0 Å². The van der Waals surface area contributed by atoms with E-state index in [1.807, 2.05) is 41.3 Å². The summed E-state index contributed by atoms with van der Waals surface area (Å²) in [5.41, 5.74) is 2.92. The van der Waals surface area contributed by atoms with E-state index >= 15 is 0 Å². The lowest BCUT2D eigenvalue weighted by molar-refractivity contribution is -0.135. The van der Waals surface area contributed by atoms with Crippen molar-refractivity contribution in [3.05, 3.63) is 112 Å². The van der Waals surface area contributed by atoms with Crippen LogP contribution in [-0.2, 0) is 17.8 Å². The number of amides is 2. The van der Waals surface area contributed by atoms with Gasteiger partial charge in [0.25, 0.3) is 5.91 Å². The third-order valence-electron chi connectivity index (χ3n) is 6.93. The van der Waals surface area contributed by atoms with Crippen LogP contribution in [-0.4, -0.2) is 41.3 Å². The molecule has 0 aliphatic carbocycles. The summed E-state index contributed by atoms with van der Waals surface area (Å²) in [5, 5.41) is 2.07. The lowest BCUT2D eigenvalue weighted by Gasteiger charge is -2.37. The second-order valence-corrected chi connectivity index (χ2v) is 10.8. The third-order valence-corrected chi connectivity index (χ3v) is 7.93. The van der Waals surface area contributed by atoms with Crippen LogP contribution in [0.5, 0.6) is 5.75 Å². The summed E-state index contributed by atoms with van der Waals surface area (Å²) in [6.45, 7) is 5.43. The standard InChI is InChI=1S/C31H32N2O4S/c1-22(2)23-10-12-25(13-11-23)37-21-28-27-15-18-38-29(27)14-16-33(28)30(34)20-32(19-26-9-6-17-36-26)31(35)24-7-4-3-5-8-24/h3-13,15,17-18,22,28H,14,16,19-21H2,1-2H3/t28-/m1/s1. The molecule has 2 amide bonds. The summed E-state index contributed by atoms with van der Waals surface area (Å²) in [4.78, 5) is 31.9. The molecule has 0 unspecified atom stereocenters. The molecule has 1 aliphatic heterocycles. The highest BCUT2D eigenvalue weighted by atomic mass is 32.1. The summed E-state index contributed by atoms with van der Waals surface area (Å²) in [5.74, 6) is 1.54. The van der Waals surface area contributed by atoms with Crippen LogP contribution in [0.2, 0.25) is 0 Å². The fourth-order valence-corrected chi connectivity index (χ4v) is 5.73. The third kappa shape index (κ3) is 5.83. The lowest BCUT2D eigenvalue weighted by atomic mass is 10.00. The molecule has 196 valence electrons. The van der Waals surface area contributed by atoms with Crippen LogP contribution in [0.15, 0.2) is 88.9 Å². The zero-order valence-corrected chi connectivity index (χ0v) is 22.5. The minimum Gasteiger partial charge on any atom is -0.491 e. The van der Waals surface area contributed by atoms with Crippen molar-refractivity contribution in [1.82, 2.24) is 9.80 Å². The Morgan fingerprint density at radius 3 is 2.55 bits per heavy atom. The monoisotopic (exact) mass is 528 g/mol. The molecular weight excluding hydrogens is 496 g/mol. The SMILES string of the molecule is CC(C)c1ccc(OC[C@@H]2c3ccsc3CCN2C(=O)CN(Cc2ccco2)C(=O)c2ccccc2)cc1. The van der Waals surface area contributed by atoms with Gasteiger partial charge < -0.3 is 19.0 Å². The Bertz CT molecular complexity index is 1350. The quantitative estimate of drug-likeness (QED) is 0.255. The number of carbonyl (C=O) groups excluding carboxylic acids is 2. The van der Waals surface area contributed by atoms with E-state index in [9.17, 15) is 9.59 Å². The number of hydrogen-bond acceptors (Lipinski definition) is 5. The number of rotatable bonds is 9. The molecule has 1 atom stereocenters. The van der Waals surface area contributed by atoms with Gasteiger partial charge in [-0.25, -0.2) is 0 Å². The predicted octanol–water partition coefficient (Wildman–Crippen LogP) is 6.31. The van der Waals surface area contributed by atoms with Crippen LogP contribution in [0.4, 0.5) is 0 Å². The van der Waals surface area contributed by atoms with Crippen LogP contribution in [0.1, 0.15) is 57.9 Å². The van der Waals surface area contributed by atoms with Gasteiger partial charge in [0.2, 0.25) is 5.91 Å². The molecule has 0 N–H and O–H groups in total. The van der Waals surface area contributed by atoms with E-state index in [-0.39, 0.29) is 30.9 Å². The highest BCUT2D eigenvalue weighted by Gasteiger charge is 2.34. The first-order chi connectivity index (χ1) is 18.5. The number of thiophene rings is 1. The predicted molar refractivity (Wildman–Crippen MR) is 148 cm³/mol. The summed E-state index contributed by atoms with van der Waals surface area (Å²) in [6, 6.07) is 22.7. The van der Waals surface area contributed by atoms with Crippen molar-refractivity contribution in [3.8, 4) is 5.75 Å². The van der Waals surface area contributed by atoms with Crippen molar-refractivity contribution in [3.63, 3.8) is 0 Å². The Hall–Kier alpha value is -3.84. The van der Waals surface area contributed by atoms with Gasteiger partial charge in [0.1, 0.15) is 24.7 Å². The average Bonchev–Trinajstić information content (AvgIpc) is 3.64. The summed E-state index contributed by atoms with van der Waals surface area (Å²) < 4.78 is 11.7. The molecule has 0 saturated heterocycles.